The second kappa shape index (κ2) is 3.61. The van der Waals surface area contributed by atoms with Crippen molar-refractivity contribution in [3.05, 3.63) is 17.5 Å². The summed E-state index contributed by atoms with van der Waals surface area (Å²) in [5.74, 6) is -0.263. The predicted octanol–water partition coefficient (Wildman–Crippen LogP) is 2.14. The molecule has 0 aliphatic heterocycles. The number of carboxylic acid groups (broad SMARTS) is 1. The van der Waals surface area contributed by atoms with Gasteiger partial charge in [-0.3, -0.25) is 9.48 Å². The van der Waals surface area contributed by atoms with Gasteiger partial charge in [-0.2, -0.15) is 5.10 Å². The molecular weight excluding hydrogens is 204 g/mol. The Morgan fingerprint density at radius 2 is 2.25 bits per heavy atom. The highest BCUT2D eigenvalue weighted by atomic mass is 16.4. The lowest BCUT2D eigenvalue weighted by Crippen LogP contribution is -2.29. The Bertz CT molecular complexity index is 417. The molecular formula is C12H18N2O2. The van der Waals surface area contributed by atoms with E-state index >= 15 is 0 Å². The van der Waals surface area contributed by atoms with Crippen LogP contribution in [-0.4, -0.2) is 20.9 Å². The Kier molecular flexibility index (Phi) is 2.52. The van der Waals surface area contributed by atoms with Gasteiger partial charge in [-0.1, -0.05) is 0 Å². The van der Waals surface area contributed by atoms with Crippen LogP contribution in [0.15, 0.2) is 6.20 Å². The van der Waals surface area contributed by atoms with E-state index in [4.69, 9.17) is 0 Å². The fraction of sp³-hybridized carbons (Fsp3) is 0.667. The Hall–Kier alpha value is -1.32. The van der Waals surface area contributed by atoms with Crippen LogP contribution < -0.4 is 0 Å². The molecule has 4 heteroatoms. The van der Waals surface area contributed by atoms with Crippen molar-refractivity contribution in [1.82, 2.24) is 9.78 Å². The highest BCUT2D eigenvalue weighted by Crippen LogP contribution is 2.44. The molecule has 1 aromatic heterocycles. The lowest BCUT2D eigenvalue weighted by molar-refractivity contribution is -0.142. The molecule has 1 saturated carbocycles. The average Bonchev–Trinajstić information content (AvgIpc) is 2.96. The maximum atomic E-state index is 11.3. The van der Waals surface area contributed by atoms with Gasteiger partial charge in [-0.15, -0.1) is 0 Å². The third-order valence-corrected chi connectivity index (χ3v) is 3.35. The highest BCUT2D eigenvalue weighted by molar-refractivity contribution is 5.80. The van der Waals surface area contributed by atoms with Crippen LogP contribution in [0.1, 0.15) is 50.8 Å². The monoisotopic (exact) mass is 222 g/mol. The van der Waals surface area contributed by atoms with E-state index in [2.05, 4.69) is 5.10 Å². The van der Waals surface area contributed by atoms with Crippen LogP contribution in [0.2, 0.25) is 0 Å². The zero-order valence-electron chi connectivity index (χ0n) is 10.0. The van der Waals surface area contributed by atoms with Gasteiger partial charge >= 0.3 is 5.97 Å². The minimum Gasteiger partial charge on any atom is -0.481 e. The average molecular weight is 222 g/mol. The van der Waals surface area contributed by atoms with Crippen molar-refractivity contribution < 1.29 is 9.90 Å². The zero-order chi connectivity index (χ0) is 11.9. The van der Waals surface area contributed by atoms with E-state index in [9.17, 15) is 9.90 Å². The Morgan fingerprint density at radius 3 is 2.69 bits per heavy atom. The molecule has 0 bridgehead atoms. The molecule has 0 unspecified atom stereocenters. The van der Waals surface area contributed by atoms with E-state index in [1.165, 1.54) is 0 Å². The second-order valence-corrected chi connectivity index (χ2v) is 4.96. The minimum absolute atomic E-state index is 0.524. The van der Waals surface area contributed by atoms with E-state index in [1.807, 2.05) is 11.6 Å². The van der Waals surface area contributed by atoms with Gasteiger partial charge in [0.2, 0.25) is 0 Å². The number of carboxylic acids is 1. The summed E-state index contributed by atoms with van der Waals surface area (Å²) in [4.78, 5) is 11.3. The fourth-order valence-corrected chi connectivity index (χ4v) is 2.03. The number of aryl methyl sites for hydroxylation is 1. The summed E-state index contributed by atoms with van der Waals surface area (Å²) < 4.78 is 1.94. The fourth-order valence-electron chi connectivity index (χ4n) is 2.03. The molecule has 1 aromatic rings. The zero-order valence-corrected chi connectivity index (χ0v) is 10.0. The molecule has 0 saturated heterocycles. The normalized spacial score (nSPS) is 16.4. The Labute approximate surface area is 95.3 Å². The van der Waals surface area contributed by atoms with Crippen molar-refractivity contribution in [3.63, 3.8) is 0 Å². The molecule has 0 atom stereocenters. The number of aromatic nitrogens is 2. The van der Waals surface area contributed by atoms with Crippen LogP contribution in [0, 0.1) is 0 Å². The molecule has 16 heavy (non-hydrogen) atoms. The predicted molar refractivity (Wildman–Crippen MR) is 60.5 cm³/mol. The topological polar surface area (TPSA) is 55.1 Å². The lowest BCUT2D eigenvalue weighted by Gasteiger charge is -2.20. The first kappa shape index (κ1) is 11.2. The van der Waals surface area contributed by atoms with Crippen molar-refractivity contribution >= 4 is 5.97 Å². The third-order valence-electron chi connectivity index (χ3n) is 3.35. The first-order valence-corrected chi connectivity index (χ1v) is 5.78. The Balaban J connectivity index is 2.48. The van der Waals surface area contributed by atoms with Gasteiger partial charge in [0.1, 0.15) is 0 Å². The molecule has 88 valence electrons. The lowest BCUT2D eigenvalue weighted by atomic mass is 9.84. The van der Waals surface area contributed by atoms with Crippen LogP contribution in [0.5, 0.6) is 0 Å². The van der Waals surface area contributed by atoms with Gasteiger partial charge in [0.05, 0.1) is 11.6 Å². The quantitative estimate of drug-likeness (QED) is 0.849. The minimum atomic E-state index is -0.842. The van der Waals surface area contributed by atoms with E-state index < -0.39 is 11.4 Å². The molecule has 0 spiro atoms. The maximum Gasteiger partial charge on any atom is 0.313 e. The number of aliphatic carboxylic acids is 1. The molecule has 2 rings (SSSR count). The number of carbonyl (C=O) groups is 1. The smallest absolute Gasteiger partial charge is 0.313 e. The molecule has 4 nitrogen and oxygen atoms in total. The molecule has 0 aromatic carbocycles. The maximum absolute atomic E-state index is 11.3. The van der Waals surface area contributed by atoms with E-state index in [1.54, 1.807) is 20.0 Å². The van der Waals surface area contributed by atoms with Gasteiger partial charge < -0.3 is 5.11 Å². The summed E-state index contributed by atoms with van der Waals surface area (Å²) in [5.41, 5.74) is 1.17. The SMILES string of the molecule is CCn1ncc(C(C)(C)C(=O)O)c1C1CC1. The summed E-state index contributed by atoms with van der Waals surface area (Å²) in [7, 11) is 0. The van der Waals surface area contributed by atoms with Crippen molar-refractivity contribution in [2.75, 3.05) is 0 Å². The summed E-state index contributed by atoms with van der Waals surface area (Å²) in [6.07, 6.45) is 4.05. The van der Waals surface area contributed by atoms with Crippen molar-refractivity contribution in [2.45, 2.75) is 51.5 Å². The largest absolute Gasteiger partial charge is 0.481 e. The van der Waals surface area contributed by atoms with Crippen LogP contribution in [0.4, 0.5) is 0 Å². The second-order valence-electron chi connectivity index (χ2n) is 4.96. The van der Waals surface area contributed by atoms with Crippen molar-refractivity contribution in [3.8, 4) is 0 Å². The van der Waals surface area contributed by atoms with Crippen molar-refractivity contribution in [1.29, 1.82) is 0 Å². The molecule has 1 fully saturated rings. The van der Waals surface area contributed by atoms with Gasteiger partial charge in [-0.25, -0.2) is 0 Å². The number of rotatable bonds is 4. The first-order chi connectivity index (χ1) is 7.48. The van der Waals surface area contributed by atoms with Crippen LogP contribution in [-0.2, 0) is 16.8 Å². The van der Waals surface area contributed by atoms with Crippen LogP contribution >= 0.6 is 0 Å². The first-order valence-electron chi connectivity index (χ1n) is 5.78. The van der Waals surface area contributed by atoms with Gasteiger partial charge in [0.15, 0.2) is 0 Å². The molecule has 1 heterocycles. The molecule has 0 radical (unpaired) electrons. The number of nitrogens with zero attached hydrogens (tertiary/aromatic N) is 2. The summed E-state index contributed by atoms with van der Waals surface area (Å²) in [6.45, 7) is 6.34. The highest BCUT2D eigenvalue weighted by Gasteiger charge is 2.39. The van der Waals surface area contributed by atoms with Crippen LogP contribution in [0.25, 0.3) is 0 Å². The molecule has 1 N–H and O–H groups in total. The van der Waals surface area contributed by atoms with Crippen LogP contribution in [0.3, 0.4) is 0 Å². The Morgan fingerprint density at radius 1 is 1.62 bits per heavy atom. The molecule has 1 aliphatic carbocycles. The van der Waals surface area contributed by atoms with E-state index in [-0.39, 0.29) is 0 Å². The van der Waals surface area contributed by atoms with Crippen molar-refractivity contribution in [2.24, 2.45) is 0 Å². The number of hydrogen-bond donors (Lipinski definition) is 1. The van der Waals surface area contributed by atoms with E-state index in [0.717, 1.165) is 30.6 Å². The van der Waals surface area contributed by atoms with E-state index in [0.29, 0.717) is 5.92 Å². The standard InChI is InChI=1S/C12H18N2O2/c1-4-14-10(8-5-6-8)9(7-13-14)12(2,3)11(15)16/h7-8H,4-6H2,1-3H3,(H,15,16). The van der Waals surface area contributed by atoms with Gasteiger partial charge in [-0.05, 0) is 33.6 Å². The summed E-state index contributed by atoms with van der Waals surface area (Å²) in [5, 5.41) is 13.6. The van der Waals surface area contributed by atoms with Gasteiger partial charge in [0, 0.05) is 23.7 Å². The number of hydrogen-bond acceptors (Lipinski definition) is 2. The summed E-state index contributed by atoms with van der Waals surface area (Å²) in [6, 6.07) is 0. The third kappa shape index (κ3) is 1.62. The molecule has 0 amide bonds. The molecule has 1 aliphatic rings. The van der Waals surface area contributed by atoms with Gasteiger partial charge in [0.25, 0.3) is 0 Å². The summed E-state index contributed by atoms with van der Waals surface area (Å²) >= 11 is 0.